The summed E-state index contributed by atoms with van der Waals surface area (Å²) >= 11 is 12.8. The molecule has 1 N–H and O–H groups in total. The third kappa shape index (κ3) is 4.30. The van der Waals surface area contributed by atoms with Gasteiger partial charge in [-0.3, -0.25) is 4.79 Å². The molecule has 0 unspecified atom stereocenters. The Bertz CT molecular complexity index is 1740. The SMILES string of the molecule is N#Cc1ccc(Cn2cc(-c3nc4cc(Cl)c(Cl)cc4n(C4CCNCC4)c3=O)c3ccccc32)cc1. The summed E-state index contributed by atoms with van der Waals surface area (Å²) in [5, 5.41) is 14.3. The molecule has 0 radical (unpaired) electrons. The highest BCUT2D eigenvalue weighted by Crippen LogP contribution is 2.33. The quantitative estimate of drug-likeness (QED) is 0.303. The average molecular weight is 528 g/mol. The van der Waals surface area contributed by atoms with E-state index in [2.05, 4.69) is 16.0 Å². The van der Waals surface area contributed by atoms with Crippen LogP contribution in [0.3, 0.4) is 0 Å². The van der Waals surface area contributed by atoms with Crippen molar-refractivity contribution in [1.82, 2.24) is 19.4 Å². The Morgan fingerprint density at radius 3 is 2.49 bits per heavy atom. The number of benzene rings is 3. The number of nitrogens with one attached hydrogen (secondary N) is 1. The molecule has 5 aromatic rings. The molecule has 8 heteroatoms. The van der Waals surface area contributed by atoms with E-state index in [0.717, 1.165) is 48.0 Å². The average Bonchev–Trinajstić information content (AvgIpc) is 3.28. The molecule has 0 atom stereocenters. The second-order valence-electron chi connectivity index (χ2n) is 9.37. The van der Waals surface area contributed by atoms with Crippen LogP contribution in [0, 0.1) is 11.3 Å². The topological polar surface area (TPSA) is 75.6 Å². The molecule has 3 heterocycles. The van der Waals surface area contributed by atoms with Crippen molar-refractivity contribution in [2.24, 2.45) is 0 Å². The molecule has 6 nitrogen and oxygen atoms in total. The van der Waals surface area contributed by atoms with Gasteiger partial charge in [-0.05, 0) is 61.8 Å². The lowest BCUT2D eigenvalue weighted by atomic mass is 10.0. The van der Waals surface area contributed by atoms with Crippen molar-refractivity contribution >= 4 is 45.1 Å². The molecule has 1 saturated heterocycles. The lowest BCUT2D eigenvalue weighted by Gasteiger charge is -2.26. The van der Waals surface area contributed by atoms with Crippen molar-refractivity contribution < 1.29 is 0 Å². The fourth-order valence-electron chi connectivity index (χ4n) is 5.25. The molecule has 1 aliphatic heterocycles. The van der Waals surface area contributed by atoms with Gasteiger partial charge >= 0.3 is 0 Å². The summed E-state index contributed by atoms with van der Waals surface area (Å²) in [7, 11) is 0. The summed E-state index contributed by atoms with van der Waals surface area (Å²) < 4.78 is 3.99. The molecule has 0 bridgehead atoms. The summed E-state index contributed by atoms with van der Waals surface area (Å²) in [4.78, 5) is 19.0. The third-order valence-corrected chi connectivity index (χ3v) is 7.81. The Morgan fingerprint density at radius 2 is 1.73 bits per heavy atom. The fraction of sp³-hybridized carbons (Fsp3) is 0.207. The van der Waals surface area contributed by atoms with Crippen LogP contribution in [0.2, 0.25) is 10.0 Å². The van der Waals surface area contributed by atoms with E-state index in [9.17, 15) is 4.79 Å². The second-order valence-corrected chi connectivity index (χ2v) is 10.2. The normalized spacial score (nSPS) is 14.3. The molecule has 0 saturated carbocycles. The first-order valence-electron chi connectivity index (χ1n) is 12.2. The van der Waals surface area contributed by atoms with Crippen molar-refractivity contribution in [3.8, 4) is 17.3 Å². The number of nitriles is 1. The largest absolute Gasteiger partial charge is 0.342 e. The maximum atomic E-state index is 14.1. The van der Waals surface area contributed by atoms with Crippen molar-refractivity contribution in [2.75, 3.05) is 13.1 Å². The zero-order chi connectivity index (χ0) is 25.5. The molecular weight excluding hydrogens is 505 g/mol. The fourth-order valence-corrected chi connectivity index (χ4v) is 5.57. The van der Waals surface area contributed by atoms with Crippen LogP contribution in [-0.4, -0.2) is 27.2 Å². The maximum absolute atomic E-state index is 14.1. The molecule has 1 fully saturated rings. The molecule has 2 aromatic heterocycles. The second kappa shape index (κ2) is 9.68. The van der Waals surface area contributed by atoms with Crippen LogP contribution in [0.25, 0.3) is 33.2 Å². The number of nitrogens with zero attached hydrogens (tertiary/aromatic N) is 4. The van der Waals surface area contributed by atoms with Gasteiger partial charge in [0.2, 0.25) is 0 Å². The Balaban J connectivity index is 1.56. The number of para-hydroxylation sites is 1. The standard InChI is InChI=1S/C29H23Cl2N5O/c30-23-13-25-27(14-24(23)31)36(20-9-11-33-12-10-20)29(37)28(34-25)22-17-35(26-4-2-1-3-21(22)26)16-19-7-5-18(15-32)6-8-19/h1-8,13-14,17,20,33H,9-12,16H2. The van der Waals surface area contributed by atoms with Gasteiger partial charge in [0.25, 0.3) is 5.56 Å². The van der Waals surface area contributed by atoms with Gasteiger partial charge in [-0.25, -0.2) is 4.98 Å². The van der Waals surface area contributed by atoms with E-state index in [1.54, 1.807) is 12.1 Å². The molecular formula is C29H23Cl2N5O. The summed E-state index contributed by atoms with van der Waals surface area (Å²) in [6, 6.07) is 21.3. The van der Waals surface area contributed by atoms with Crippen LogP contribution >= 0.6 is 23.2 Å². The number of aromatic nitrogens is 3. The minimum Gasteiger partial charge on any atom is -0.342 e. The zero-order valence-corrected chi connectivity index (χ0v) is 21.4. The molecule has 37 heavy (non-hydrogen) atoms. The van der Waals surface area contributed by atoms with Gasteiger partial charge < -0.3 is 14.5 Å². The van der Waals surface area contributed by atoms with Crippen LogP contribution in [0.1, 0.15) is 30.0 Å². The van der Waals surface area contributed by atoms with E-state index >= 15 is 0 Å². The van der Waals surface area contributed by atoms with E-state index in [-0.39, 0.29) is 11.6 Å². The van der Waals surface area contributed by atoms with Crippen molar-refractivity contribution in [1.29, 1.82) is 5.26 Å². The molecule has 6 rings (SSSR count). The first-order chi connectivity index (χ1) is 18.0. The van der Waals surface area contributed by atoms with E-state index in [0.29, 0.717) is 38.9 Å². The number of fused-ring (bicyclic) bond motifs is 2. The van der Waals surface area contributed by atoms with E-state index in [4.69, 9.17) is 33.4 Å². The van der Waals surface area contributed by atoms with Crippen LogP contribution in [-0.2, 0) is 6.54 Å². The van der Waals surface area contributed by atoms with Crippen molar-refractivity contribution in [3.63, 3.8) is 0 Å². The highest BCUT2D eigenvalue weighted by atomic mass is 35.5. The monoisotopic (exact) mass is 527 g/mol. The highest BCUT2D eigenvalue weighted by Gasteiger charge is 2.24. The van der Waals surface area contributed by atoms with Crippen LogP contribution in [0.15, 0.2) is 71.7 Å². The van der Waals surface area contributed by atoms with Crippen molar-refractivity contribution in [3.05, 3.63) is 98.4 Å². The number of hydrogen-bond donors (Lipinski definition) is 1. The highest BCUT2D eigenvalue weighted by molar-refractivity contribution is 6.42. The van der Waals surface area contributed by atoms with E-state index < -0.39 is 0 Å². The molecule has 184 valence electrons. The Kier molecular flexibility index (Phi) is 6.21. The minimum absolute atomic E-state index is 0.0437. The molecule has 1 aliphatic rings. The number of piperidine rings is 1. The van der Waals surface area contributed by atoms with Crippen LogP contribution in [0.5, 0.6) is 0 Å². The molecule has 0 amide bonds. The number of hydrogen-bond acceptors (Lipinski definition) is 4. The van der Waals surface area contributed by atoms with Crippen LogP contribution in [0.4, 0.5) is 0 Å². The summed E-state index contributed by atoms with van der Waals surface area (Å²) in [5.41, 5.74) is 5.10. The lowest BCUT2D eigenvalue weighted by Crippen LogP contribution is -2.35. The zero-order valence-electron chi connectivity index (χ0n) is 19.9. The lowest BCUT2D eigenvalue weighted by molar-refractivity contribution is 0.369. The third-order valence-electron chi connectivity index (χ3n) is 7.08. The first kappa shape index (κ1) is 23.7. The first-order valence-corrected chi connectivity index (χ1v) is 13.0. The van der Waals surface area contributed by atoms with Gasteiger partial charge in [-0.1, -0.05) is 53.5 Å². The number of rotatable bonds is 4. The van der Waals surface area contributed by atoms with Gasteiger partial charge in [-0.2, -0.15) is 5.26 Å². The van der Waals surface area contributed by atoms with Gasteiger partial charge in [0.05, 0.1) is 32.7 Å². The maximum Gasteiger partial charge on any atom is 0.277 e. The van der Waals surface area contributed by atoms with Gasteiger partial charge in [0.15, 0.2) is 0 Å². The van der Waals surface area contributed by atoms with Gasteiger partial charge in [0.1, 0.15) is 5.69 Å². The molecule has 3 aromatic carbocycles. The summed E-state index contributed by atoms with van der Waals surface area (Å²) in [5.74, 6) is 0. The summed E-state index contributed by atoms with van der Waals surface area (Å²) in [6.07, 6.45) is 3.70. The van der Waals surface area contributed by atoms with Gasteiger partial charge in [-0.15, -0.1) is 0 Å². The minimum atomic E-state index is -0.126. The molecule has 0 spiro atoms. The summed E-state index contributed by atoms with van der Waals surface area (Å²) in [6.45, 7) is 2.30. The Hall–Kier alpha value is -3.63. The predicted octanol–water partition coefficient (Wildman–Crippen LogP) is 6.17. The Labute approximate surface area is 223 Å². The number of halogens is 2. The van der Waals surface area contributed by atoms with Crippen LogP contribution < -0.4 is 10.9 Å². The van der Waals surface area contributed by atoms with Gasteiger partial charge in [0, 0.05) is 35.2 Å². The Morgan fingerprint density at radius 1 is 1.00 bits per heavy atom. The van der Waals surface area contributed by atoms with E-state index in [1.165, 1.54) is 0 Å². The molecule has 0 aliphatic carbocycles. The smallest absolute Gasteiger partial charge is 0.277 e. The van der Waals surface area contributed by atoms with Crippen molar-refractivity contribution in [2.45, 2.75) is 25.4 Å². The van der Waals surface area contributed by atoms with E-state index in [1.807, 2.05) is 59.3 Å². The predicted molar refractivity (Wildman–Crippen MR) is 148 cm³/mol.